The maximum Gasteiger partial charge on any atom is 0.338 e. The van der Waals surface area contributed by atoms with Crippen molar-refractivity contribution >= 4 is 17.9 Å². The Morgan fingerprint density at radius 3 is 2.30 bits per heavy atom. The topological polar surface area (TPSA) is 82.2 Å². The SMILES string of the molecule is CCOC(=O)C1=C(CN2CCN(C(=O)c3ccccc3F)CC2)N(CC)C(=O)NC1c1ccc(F)cc1. The van der Waals surface area contributed by atoms with Crippen LogP contribution in [0.5, 0.6) is 0 Å². The molecule has 8 nitrogen and oxygen atoms in total. The van der Waals surface area contributed by atoms with Crippen LogP contribution in [0.3, 0.4) is 0 Å². The second-order valence-corrected chi connectivity index (χ2v) is 8.81. The summed E-state index contributed by atoms with van der Waals surface area (Å²) in [6, 6.07) is 10.4. The van der Waals surface area contributed by atoms with E-state index in [1.807, 2.05) is 11.8 Å². The molecule has 1 fully saturated rings. The normalized spacial score (nSPS) is 18.6. The first-order valence-electron chi connectivity index (χ1n) is 12.3. The summed E-state index contributed by atoms with van der Waals surface area (Å²) in [6.45, 7) is 5.95. The minimum absolute atomic E-state index is 0.0338. The van der Waals surface area contributed by atoms with E-state index in [4.69, 9.17) is 4.74 Å². The molecule has 0 radical (unpaired) electrons. The molecule has 0 aliphatic carbocycles. The number of benzene rings is 2. The third kappa shape index (κ3) is 5.64. The highest BCUT2D eigenvalue weighted by molar-refractivity contribution is 5.95. The molecule has 1 atom stereocenters. The lowest BCUT2D eigenvalue weighted by Crippen LogP contribution is -2.53. The lowest BCUT2D eigenvalue weighted by Gasteiger charge is -2.40. The van der Waals surface area contributed by atoms with Gasteiger partial charge in [-0.15, -0.1) is 0 Å². The van der Waals surface area contributed by atoms with Crippen molar-refractivity contribution in [1.82, 2.24) is 20.0 Å². The standard InChI is InChI=1S/C27H30F2N4O4/c1-3-33-22(17-31-13-15-32(16-14-31)25(34)20-7-5-6-8-21(20)29)23(26(35)37-4-2)24(30-27(33)36)18-9-11-19(28)12-10-18/h5-12,24H,3-4,13-17H2,1-2H3,(H,30,36). The lowest BCUT2D eigenvalue weighted by atomic mass is 9.94. The summed E-state index contributed by atoms with van der Waals surface area (Å²) in [4.78, 5) is 44.1. The summed E-state index contributed by atoms with van der Waals surface area (Å²) < 4.78 is 33.0. The molecule has 2 aliphatic heterocycles. The largest absolute Gasteiger partial charge is 0.463 e. The first-order valence-corrected chi connectivity index (χ1v) is 12.3. The fraction of sp³-hybridized carbons (Fsp3) is 0.370. The molecule has 0 aromatic heterocycles. The van der Waals surface area contributed by atoms with Gasteiger partial charge in [0.15, 0.2) is 0 Å². The zero-order chi connectivity index (χ0) is 26.5. The van der Waals surface area contributed by atoms with Gasteiger partial charge < -0.3 is 15.0 Å². The number of amides is 3. The van der Waals surface area contributed by atoms with E-state index in [-0.39, 0.29) is 30.7 Å². The van der Waals surface area contributed by atoms with Crippen LogP contribution in [0.15, 0.2) is 59.8 Å². The second-order valence-electron chi connectivity index (χ2n) is 8.81. The molecule has 2 aliphatic rings. The minimum atomic E-state index is -0.797. The van der Waals surface area contributed by atoms with Gasteiger partial charge in [-0.2, -0.15) is 0 Å². The predicted octanol–water partition coefficient (Wildman–Crippen LogP) is 3.33. The van der Waals surface area contributed by atoms with E-state index in [9.17, 15) is 23.2 Å². The fourth-order valence-corrected chi connectivity index (χ4v) is 4.69. The molecule has 1 N–H and O–H groups in total. The summed E-state index contributed by atoms with van der Waals surface area (Å²) in [6.07, 6.45) is 0. The van der Waals surface area contributed by atoms with Crippen molar-refractivity contribution in [3.05, 3.63) is 82.6 Å². The van der Waals surface area contributed by atoms with Crippen LogP contribution < -0.4 is 5.32 Å². The van der Waals surface area contributed by atoms with E-state index >= 15 is 0 Å². The lowest BCUT2D eigenvalue weighted by molar-refractivity contribution is -0.139. The highest BCUT2D eigenvalue weighted by atomic mass is 19.1. The summed E-state index contributed by atoms with van der Waals surface area (Å²) in [5.41, 5.74) is 1.39. The Kier molecular flexibility index (Phi) is 8.17. The van der Waals surface area contributed by atoms with Gasteiger partial charge in [0, 0.05) is 45.0 Å². The van der Waals surface area contributed by atoms with Crippen LogP contribution in [0.1, 0.15) is 35.8 Å². The van der Waals surface area contributed by atoms with Gasteiger partial charge in [-0.25, -0.2) is 18.4 Å². The Morgan fingerprint density at radius 2 is 1.68 bits per heavy atom. The second kappa shape index (κ2) is 11.5. The number of nitrogens with zero attached hydrogens (tertiary/aromatic N) is 3. The number of carbonyl (C=O) groups excluding carboxylic acids is 3. The van der Waals surface area contributed by atoms with Crippen molar-refractivity contribution in [1.29, 1.82) is 0 Å². The highest BCUT2D eigenvalue weighted by Gasteiger charge is 2.38. The van der Waals surface area contributed by atoms with Crippen molar-refractivity contribution in [2.75, 3.05) is 45.9 Å². The number of ether oxygens (including phenoxy) is 1. The van der Waals surface area contributed by atoms with Crippen LogP contribution >= 0.6 is 0 Å². The number of rotatable bonds is 7. The van der Waals surface area contributed by atoms with Crippen molar-refractivity contribution < 1.29 is 27.9 Å². The molecule has 10 heteroatoms. The van der Waals surface area contributed by atoms with Crippen molar-refractivity contribution in [2.24, 2.45) is 0 Å². The van der Waals surface area contributed by atoms with Crippen LogP contribution in [0.2, 0.25) is 0 Å². The Bertz CT molecular complexity index is 1190. The van der Waals surface area contributed by atoms with Gasteiger partial charge in [-0.1, -0.05) is 24.3 Å². The molecule has 2 aromatic rings. The molecule has 0 spiro atoms. The Labute approximate surface area is 214 Å². The van der Waals surface area contributed by atoms with E-state index in [0.717, 1.165) is 0 Å². The number of urea groups is 1. The zero-order valence-corrected chi connectivity index (χ0v) is 20.9. The van der Waals surface area contributed by atoms with Crippen LogP contribution in [0.4, 0.5) is 13.6 Å². The molecule has 1 unspecified atom stereocenters. The molecular weight excluding hydrogens is 482 g/mol. The third-order valence-electron chi connectivity index (χ3n) is 6.59. The van der Waals surface area contributed by atoms with Crippen LogP contribution in [-0.2, 0) is 9.53 Å². The Balaban J connectivity index is 1.59. The summed E-state index contributed by atoms with van der Waals surface area (Å²) >= 11 is 0. The number of nitrogens with one attached hydrogen (secondary N) is 1. The Hall–Kier alpha value is -3.79. The fourth-order valence-electron chi connectivity index (χ4n) is 4.69. The maximum atomic E-state index is 14.1. The molecular formula is C27H30F2N4O4. The average molecular weight is 513 g/mol. The van der Waals surface area contributed by atoms with E-state index in [1.54, 1.807) is 17.9 Å². The molecule has 196 valence electrons. The average Bonchev–Trinajstić information content (AvgIpc) is 2.89. The molecule has 2 aromatic carbocycles. The Morgan fingerprint density at radius 1 is 1.00 bits per heavy atom. The van der Waals surface area contributed by atoms with Crippen LogP contribution in [-0.4, -0.2) is 78.5 Å². The van der Waals surface area contributed by atoms with Gasteiger partial charge >= 0.3 is 12.0 Å². The van der Waals surface area contributed by atoms with E-state index < -0.39 is 23.6 Å². The van der Waals surface area contributed by atoms with E-state index in [0.29, 0.717) is 49.6 Å². The molecule has 2 heterocycles. The van der Waals surface area contributed by atoms with Gasteiger partial charge in [0.05, 0.1) is 23.8 Å². The van der Waals surface area contributed by atoms with Crippen molar-refractivity contribution in [3.8, 4) is 0 Å². The van der Waals surface area contributed by atoms with Crippen LogP contribution in [0.25, 0.3) is 0 Å². The van der Waals surface area contributed by atoms with Gasteiger partial charge in [-0.05, 0) is 43.7 Å². The molecule has 37 heavy (non-hydrogen) atoms. The minimum Gasteiger partial charge on any atom is -0.463 e. The summed E-state index contributed by atoms with van der Waals surface area (Å²) in [5, 5.41) is 2.85. The molecule has 1 saturated heterocycles. The number of esters is 1. The van der Waals surface area contributed by atoms with Gasteiger partial charge in [0.1, 0.15) is 11.6 Å². The van der Waals surface area contributed by atoms with Crippen molar-refractivity contribution in [2.45, 2.75) is 19.9 Å². The zero-order valence-electron chi connectivity index (χ0n) is 20.9. The van der Waals surface area contributed by atoms with Crippen molar-refractivity contribution in [3.63, 3.8) is 0 Å². The molecule has 3 amide bonds. The smallest absolute Gasteiger partial charge is 0.338 e. The predicted molar refractivity (Wildman–Crippen MR) is 132 cm³/mol. The molecule has 4 rings (SSSR count). The quantitative estimate of drug-likeness (QED) is 0.576. The monoisotopic (exact) mass is 512 g/mol. The van der Waals surface area contributed by atoms with Crippen LogP contribution in [0, 0.1) is 11.6 Å². The maximum absolute atomic E-state index is 14.1. The first kappa shape index (κ1) is 26.3. The summed E-state index contributed by atoms with van der Waals surface area (Å²) in [7, 11) is 0. The summed E-state index contributed by atoms with van der Waals surface area (Å²) in [5.74, 6) is -1.91. The van der Waals surface area contributed by atoms with E-state index in [1.165, 1.54) is 47.4 Å². The number of hydrogen-bond acceptors (Lipinski definition) is 5. The number of hydrogen-bond donors (Lipinski definition) is 1. The van der Waals surface area contributed by atoms with Gasteiger partial charge in [0.2, 0.25) is 0 Å². The molecule has 0 bridgehead atoms. The third-order valence-corrected chi connectivity index (χ3v) is 6.59. The molecule has 0 saturated carbocycles. The highest BCUT2D eigenvalue weighted by Crippen LogP contribution is 2.32. The number of likely N-dealkylation sites (N-methyl/N-ethyl adjacent to an activating group) is 1. The number of halogens is 2. The first-order chi connectivity index (χ1) is 17.8. The van der Waals surface area contributed by atoms with Gasteiger partial charge in [-0.3, -0.25) is 14.6 Å². The van der Waals surface area contributed by atoms with Gasteiger partial charge in [0.25, 0.3) is 5.91 Å². The number of piperazine rings is 1. The number of carbonyl (C=O) groups is 3. The van der Waals surface area contributed by atoms with E-state index in [2.05, 4.69) is 5.32 Å².